The van der Waals surface area contributed by atoms with Crippen LogP contribution in [0.15, 0.2) is 36.4 Å². The number of nitrogens with one attached hydrogen (secondary N) is 2. The highest BCUT2D eigenvalue weighted by Crippen LogP contribution is 2.30. The van der Waals surface area contributed by atoms with Gasteiger partial charge in [0.15, 0.2) is 0 Å². The van der Waals surface area contributed by atoms with Crippen LogP contribution in [0, 0.1) is 0 Å². The van der Waals surface area contributed by atoms with Crippen molar-refractivity contribution in [3.05, 3.63) is 47.5 Å². The molecule has 2 aromatic rings. The molecule has 124 valence electrons. The van der Waals surface area contributed by atoms with Gasteiger partial charge in [0.05, 0.1) is 14.2 Å². The van der Waals surface area contributed by atoms with Gasteiger partial charge >= 0.3 is 0 Å². The average Bonchev–Trinajstić information content (AvgIpc) is 2.60. The second-order valence-corrected chi connectivity index (χ2v) is 5.41. The Bertz CT molecular complexity index is 779. The molecule has 6 heteroatoms. The number of benzene rings is 2. The van der Waals surface area contributed by atoms with Crippen molar-refractivity contribution in [1.29, 1.82) is 0 Å². The fourth-order valence-electron chi connectivity index (χ4n) is 2.73. The highest BCUT2D eigenvalue weighted by molar-refractivity contribution is 6.08. The molecule has 2 N–H and O–H groups in total. The van der Waals surface area contributed by atoms with Crippen LogP contribution in [0.3, 0.4) is 0 Å². The topological polar surface area (TPSA) is 76.7 Å². The summed E-state index contributed by atoms with van der Waals surface area (Å²) >= 11 is 0. The molecular formula is C18H18N2O4. The predicted octanol–water partition coefficient (Wildman–Crippen LogP) is 2.84. The van der Waals surface area contributed by atoms with E-state index in [0.717, 1.165) is 11.3 Å². The molecule has 0 aliphatic carbocycles. The van der Waals surface area contributed by atoms with E-state index in [2.05, 4.69) is 10.6 Å². The van der Waals surface area contributed by atoms with E-state index >= 15 is 0 Å². The van der Waals surface area contributed by atoms with Crippen LogP contribution in [0.1, 0.15) is 22.3 Å². The first kappa shape index (κ1) is 15.9. The molecule has 1 aliphatic heterocycles. The first-order chi connectivity index (χ1) is 11.6. The monoisotopic (exact) mass is 326 g/mol. The summed E-state index contributed by atoms with van der Waals surface area (Å²) in [7, 11) is 3.01. The van der Waals surface area contributed by atoms with Crippen LogP contribution >= 0.6 is 0 Å². The number of methoxy groups -OCH3 is 2. The lowest BCUT2D eigenvalue weighted by Gasteiger charge is -2.18. The van der Waals surface area contributed by atoms with Gasteiger partial charge in [-0.25, -0.2) is 0 Å². The van der Waals surface area contributed by atoms with Crippen molar-refractivity contribution in [3.63, 3.8) is 0 Å². The number of carbonyl (C=O) groups excluding carboxylic acids is 2. The Labute approximate surface area is 139 Å². The molecule has 0 saturated carbocycles. The number of carbonyl (C=O) groups is 2. The third kappa shape index (κ3) is 3.03. The smallest absolute Gasteiger partial charge is 0.263 e. The van der Waals surface area contributed by atoms with Gasteiger partial charge in [0.1, 0.15) is 17.1 Å². The molecule has 0 atom stereocenters. The van der Waals surface area contributed by atoms with Crippen molar-refractivity contribution in [2.75, 3.05) is 24.9 Å². The number of ether oxygens (including phenoxy) is 2. The van der Waals surface area contributed by atoms with Gasteiger partial charge < -0.3 is 20.1 Å². The van der Waals surface area contributed by atoms with Gasteiger partial charge in [-0.05, 0) is 42.3 Å². The second kappa shape index (κ2) is 6.62. The van der Waals surface area contributed by atoms with E-state index in [4.69, 9.17) is 9.47 Å². The van der Waals surface area contributed by atoms with E-state index in [9.17, 15) is 9.59 Å². The Hall–Kier alpha value is -3.02. The summed E-state index contributed by atoms with van der Waals surface area (Å²) in [4.78, 5) is 24.1. The van der Waals surface area contributed by atoms with Crippen LogP contribution in [-0.2, 0) is 11.2 Å². The number of aryl methyl sites for hydroxylation is 1. The zero-order chi connectivity index (χ0) is 17.1. The van der Waals surface area contributed by atoms with Crippen molar-refractivity contribution in [2.24, 2.45) is 0 Å². The summed E-state index contributed by atoms with van der Waals surface area (Å²) in [5.41, 5.74) is 2.79. The van der Waals surface area contributed by atoms with Crippen molar-refractivity contribution in [2.45, 2.75) is 12.8 Å². The van der Waals surface area contributed by atoms with Crippen molar-refractivity contribution >= 4 is 23.2 Å². The highest BCUT2D eigenvalue weighted by Gasteiger charge is 2.20. The minimum atomic E-state index is -0.316. The summed E-state index contributed by atoms with van der Waals surface area (Å²) in [5, 5.41) is 5.67. The zero-order valence-electron chi connectivity index (χ0n) is 13.5. The Morgan fingerprint density at radius 1 is 1.08 bits per heavy atom. The maximum Gasteiger partial charge on any atom is 0.263 e. The average molecular weight is 326 g/mol. The van der Waals surface area contributed by atoms with Crippen LogP contribution < -0.4 is 20.1 Å². The zero-order valence-corrected chi connectivity index (χ0v) is 13.5. The van der Waals surface area contributed by atoms with E-state index in [1.165, 1.54) is 14.2 Å². The van der Waals surface area contributed by atoms with E-state index in [1.807, 2.05) is 6.07 Å². The van der Waals surface area contributed by atoms with E-state index in [1.54, 1.807) is 30.3 Å². The predicted molar refractivity (Wildman–Crippen MR) is 90.9 cm³/mol. The van der Waals surface area contributed by atoms with E-state index in [-0.39, 0.29) is 11.8 Å². The van der Waals surface area contributed by atoms with Crippen LogP contribution in [0.2, 0.25) is 0 Å². The number of fused-ring (bicyclic) bond motifs is 1. The largest absolute Gasteiger partial charge is 0.496 e. The fourth-order valence-corrected chi connectivity index (χ4v) is 2.73. The number of anilines is 2. The van der Waals surface area contributed by atoms with Gasteiger partial charge in [0.25, 0.3) is 5.91 Å². The first-order valence-electron chi connectivity index (χ1n) is 7.57. The molecule has 6 nitrogen and oxygen atoms in total. The van der Waals surface area contributed by atoms with Gasteiger partial charge in [-0.1, -0.05) is 6.07 Å². The lowest BCUT2D eigenvalue weighted by atomic mass is 10.0. The van der Waals surface area contributed by atoms with Crippen LogP contribution in [0.5, 0.6) is 11.5 Å². The number of hydrogen-bond donors (Lipinski definition) is 2. The summed E-state index contributed by atoms with van der Waals surface area (Å²) < 4.78 is 10.5. The fraction of sp³-hybridized carbons (Fsp3) is 0.222. The molecule has 0 fully saturated rings. The Morgan fingerprint density at radius 2 is 1.79 bits per heavy atom. The highest BCUT2D eigenvalue weighted by atomic mass is 16.5. The lowest BCUT2D eigenvalue weighted by Crippen LogP contribution is -2.19. The standard InChI is InChI=1S/C18H18N2O4/c1-23-14-4-3-5-15(24-2)17(14)18(22)19-12-7-8-13-11(10-12)6-9-16(21)20-13/h3-5,7-8,10H,6,9H2,1-2H3,(H,19,22)(H,20,21). The molecular weight excluding hydrogens is 308 g/mol. The molecule has 0 bridgehead atoms. The van der Waals surface area contributed by atoms with Gasteiger partial charge in [-0.2, -0.15) is 0 Å². The van der Waals surface area contributed by atoms with Gasteiger partial charge in [0, 0.05) is 17.8 Å². The molecule has 0 aromatic heterocycles. The van der Waals surface area contributed by atoms with Crippen molar-refractivity contribution in [3.8, 4) is 11.5 Å². The molecule has 3 rings (SSSR count). The minimum Gasteiger partial charge on any atom is -0.496 e. The van der Waals surface area contributed by atoms with Crippen molar-refractivity contribution < 1.29 is 19.1 Å². The SMILES string of the molecule is COc1cccc(OC)c1C(=O)Nc1ccc2c(c1)CCC(=O)N2. The Morgan fingerprint density at radius 3 is 2.46 bits per heavy atom. The maximum atomic E-state index is 12.7. The molecule has 0 unspecified atom stereocenters. The van der Waals surface area contributed by atoms with Crippen LogP contribution in [0.25, 0.3) is 0 Å². The second-order valence-electron chi connectivity index (χ2n) is 5.41. The molecule has 0 radical (unpaired) electrons. The maximum absolute atomic E-state index is 12.7. The van der Waals surface area contributed by atoms with Gasteiger partial charge in [0.2, 0.25) is 5.91 Å². The third-order valence-electron chi connectivity index (χ3n) is 3.91. The summed E-state index contributed by atoms with van der Waals surface area (Å²) in [6, 6.07) is 10.6. The Balaban J connectivity index is 1.87. The summed E-state index contributed by atoms with van der Waals surface area (Å²) in [5.74, 6) is 0.580. The van der Waals surface area contributed by atoms with Gasteiger partial charge in [-0.15, -0.1) is 0 Å². The molecule has 0 saturated heterocycles. The molecule has 1 aliphatic rings. The summed E-state index contributed by atoms with van der Waals surface area (Å²) in [6.07, 6.45) is 1.10. The normalized spacial score (nSPS) is 12.8. The van der Waals surface area contributed by atoms with Crippen molar-refractivity contribution in [1.82, 2.24) is 0 Å². The lowest BCUT2D eigenvalue weighted by molar-refractivity contribution is -0.116. The molecule has 0 spiro atoms. The third-order valence-corrected chi connectivity index (χ3v) is 3.91. The molecule has 1 heterocycles. The van der Waals surface area contributed by atoms with Crippen LogP contribution in [-0.4, -0.2) is 26.0 Å². The number of amides is 2. The Kier molecular flexibility index (Phi) is 4.37. The van der Waals surface area contributed by atoms with Crippen LogP contribution in [0.4, 0.5) is 11.4 Å². The number of rotatable bonds is 4. The van der Waals surface area contributed by atoms with E-state index in [0.29, 0.717) is 35.6 Å². The number of hydrogen-bond acceptors (Lipinski definition) is 4. The van der Waals surface area contributed by atoms with E-state index < -0.39 is 0 Å². The molecule has 2 amide bonds. The van der Waals surface area contributed by atoms with Gasteiger partial charge in [-0.3, -0.25) is 9.59 Å². The summed E-state index contributed by atoms with van der Waals surface area (Å²) in [6.45, 7) is 0. The quantitative estimate of drug-likeness (QED) is 0.906. The minimum absolute atomic E-state index is 0.0121. The molecule has 2 aromatic carbocycles. The molecule has 24 heavy (non-hydrogen) atoms. The first-order valence-corrected chi connectivity index (χ1v) is 7.57.